The SMILES string of the molecule is c1ccc(-c2ccc(N(c3ccc(-c4ccccc4-c4ccccc4)cc3)c3ccc4c5ccccc5n(-c5ccccc5-c5ccccc5)c4c3)cc2)cc1. The van der Waals surface area contributed by atoms with Crippen molar-refractivity contribution in [2.75, 3.05) is 4.90 Å². The number of hydrogen-bond acceptors (Lipinski definition) is 1. The van der Waals surface area contributed by atoms with Crippen molar-refractivity contribution in [1.82, 2.24) is 4.57 Å². The molecule has 0 N–H and O–H groups in total. The summed E-state index contributed by atoms with van der Waals surface area (Å²) in [5.74, 6) is 0. The molecular formula is C54H38N2. The first kappa shape index (κ1) is 33.2. The van der Waals surface area contributed by atoms with Crippen LogP contribution in [0.15, 0.2) is 231 Å². The van der Waals surface area contributed by atoms with E-state index in [0.717, 1.165) is 28.3 Å². The molecule has 0 aliphatic heterocycles. The molecule has 0 fully saturated rings. The van der Waals surface area contributed by atoms with Crippen molar-refractivity contribution in [3.8, 4) is 50.2 Å². The number of rotatable bonds is 8. The smallest absolute Gasteiger partial charge is 0.0562 e. The molecule has 10 rings (SSSR count). The zero-order valence-electron chi connectivity index (χ0n) is 30.8. The van der Waals surface area contributed by atoms with Crippen molar-refractivity contribution in [2.45, 2.75) is 0 Å². The maximum absolute atomic E-state index is 2.44. The summed E-state index contributed by atoms with van der Waals surface area (Å²) in [6.07, 6.45) is 0. The van der Waals surface area contributed by atoms with Gasteiger partial charge in [0.15, 0.2) is 0 Å². The van der Waals surface area contributed by atoms with E-state index < -0.39 is 0 Å². The summed E-state index contributed by atoms with van der Waals surface area (Å²) < 4.78 is 2.44. The Kier molecular flexibility index (Phi) is 8.55. The molecule has 0 atom stereocenters. The Morgan fingerprint density at radius 3 is 1.30 bits per heavy atom. The highest BCUT2D eigenvalue weighted by Gasteiger charge is 2.19. The van der Waals surface area contributed by atoms with Gasteiger partial charge in [0.1, 0.15) is 0 Å². The van der Waals surface area contributed by atoms with Crippen LogP contribution in [0.5, 0.6) is 0 Å². The molecule has 2 heteroatoms. The van der Waals surface area contributed by atoms with Crippen molar-refractivity contribution >= 4 is 38.9 Å². The quantitative estimate of drug-likeness (QED) is 0.152. The molecule has 0 bridgehead atoms. The summed E-state index contributed by atoms with van der Waals surface area (Å²) in [5, 5.41) is 2.46. The molecule has 0 radical (unpaired) electrons. The third kappa shape index (κ3) is 6.04. The van der Waals surface area contributed by atoms with Crippen LogP contribution in [-0.2, 0) is 0 Å². The zero-order valence-corrected chi connectivity index (χ0v) is 30.8. The van der Waals surface area contributed by atoms with Crippen molar-refractivity contribution in [2.24, 2.45) is 0 Å². The summed E-state index contributed by atoms with van der Waals surface area (Å²) in [7, 11) is 0. The van der Waals surface area contributed by atoms with Gasteiger partial charge >= 0.3 is 0 Å². The second-order valence-electron chi connectivity index (χ2n) is 14.1. The third-order valence-corrected chi connectivity index (χ3v) is 10.8. The van der Waals surface area contributed by atoms with E-state index in [1.54, 1.807) is 0 Å². The maximum atomic E-state index is 2.44. The normalized spacial score (nSPS) is 11.2. The van der Waals surface area contributed by atoms with Gasteiger partial charge in [0.2, 0.25) is 0 Å². The molecule has 0 aliphatic rings. The topological polar surface area (TPSA) is 8.17 Å². The van der Waals surface area contributed by atoms with Crippen LogP contribution >= 0.6 is 0 Å². The van der Waals surface area contributed by atoms with Crippen LogP contribution < -0.4 is 4.90 Å². The molecule has 10 aromatic rings. The van der Waals surface area contributed by atoms with E-state index in [1.807, 2.05) is 0 Å². The Labute approximate surface area is 327 Å². The number of para-hydroxylation sites is 2. The first-order chi connectivity index (χ1) is 27.8. The van der Waals surface area contributed by atoms with Gasteiger partial charge in [-0.2, -0.15) is 0 Å². The van der Waals surface area contributed by atoms with Crippen molar-refractivity contribution in [1.29, 1.82) is 0 Å². The fourth-order valence-corrected chi connectivity index (χ4v) is 8.16. The van der Waals surface area contributed by atoms with Crippen LogP contribution in [-0.4, -0.2) is 4.57 Å². The summed E-state index contributed by atoms with van der Waals surface area (Å²) in [6.45, 7) is 0. The molecule has 56 heavy (non-hydrogen) atoms. The molecule has 9 aromatic carbocycles. The summed E-state index contributed by atoms with van der Waals surface area (Å²) in [6, 6.07) is 83.0. The molecule has 0 unspecified atom stereocenters. The summed E-state index contributed by atoms with van der Waals surface area (Å²) in [4.78, 5) is 2.38. The Balaban J connectivity index is 1.15. The average molecular weight is 715 g/mol. The Morgan fingerprint density at radius 1 is 0.268 bits per heavy atom. The molecule has 0 saturated carbocycles. The zero-order chi connectivity index (χ0) is 37.3. The fourth-order valence-electron chi connectivity index (χ4n) is 8.16. The van der Waals surface area contributed by atoms with E-state index in [0.29, 0.717) is 0 Å². The van der Waals surface area contributed by atoms with Crippen LogP contribution in [0, 0.1) is 0 Å². The van der Waals surface area contributed by atoms with E-state index in [1.165, 1.54) is 60.8 Å². The Hall–Kier alpha value is -7.42. The van der Waals surface area contributed by atoms with Crippen molar-refractivity contribution in [3.63, 3.8) is 0 Å². The number of nitrogens with zero attached hydrogens (tertiary/aromatic N) is 2. The van der Waals surface area contributed by atoms with Gasteiger partial charge in [-0.15, -0.1) is 0 Å². The van der Waals surface area contributed by atoms with E-state index in [9.17, 15) is 0 Å². The third-order valence-electron chi connectivity index (χ3n) is 10.8. The predicted octanol–water partition coefficient (Wildman–Crippen LogP) is 14.9. The molecule has 2 nitrogen and oxygen atoms in total. The lowest BCUT2D eigenvalue weighted by Crippen LogP contribution is -2.10. The van der Waals surface area contributed by atoms with Crippen molar-refractivity contribution in [3.05, 3.63) is 231 Å². The van der Waals surface area contributed by atoms with Gasteiger partial charge in [0.25, 0.3) is 0 Å². The molecule has 0 spiro atoms. The highest BCUT2D eigenvalue weighted by atomic mass is 15.1. The summed E-state index contributed by atoms with van der Waals surface area (Å²) >= 11 is 0. The second kappa shape index (κ2) is 14.4. The van der Waals surface area contributed by atoms with Gasteiger partial charge in [-0.1, -0.05) is 182 Å². The lowest BCUT2D eigenvalue weighted by Gasteiger charge is -2.26. The first-order valence-electron chi connectivity index (χ1n) is 19.2. The fraction of sp³-hybridized carbons (Fsp3) is 0. The Morgan fingerprint density at radius 2 is 0.679 bits per heavy atom. The number of anilines is 3. The van der Waals surface area contributed by atoms with Gasteiger partial charge in [0.05, 0.1) is 16.7 Å². The molecule has 1 heterocycles. The van der Waals surface area contributed by atoms with E-state index in [4.69, 9.17) is 0 Å². The minimum Gasteiger partial charge on any atom is -0.310 e. The summed E-state index contributed by atoms with van der Waals surface area (Å²) in [5.41, 5.74) is 16.4. The lowest BCUT2D eigenvalue weighted by molar-refractivity contribution is 1.18. The van der Waals surface area contributed by atoms with E-state index in [2.05, 4.69) is 240 Å². The second-order valence-corrected chi connectivity index (χ2v) is 14.1. The number of aromatic nitrogens is 1. The first-order valence-corrected chi connectivity index (χ1v) is 19.2. The van der Waals surface area contributed by atoms with Crippen LogP contribution in [0.1, 0.15) is 0 Å². The largest absolute Gasteiger partial charge is 0.310 e. The average Bonchev–Trinajstić information content (AvgIpc) is 3.61. The molecule has 0 amide bonds. The maximum Gasteiger partial charge on any atom is 0.0562 e. The van der Waals surface area contributed by atoms with Crippen LogP contribution in [0.2, 0.25) is 0 Å². The minimum absolute atomic E-state index is 1.09. The van der Waals surface area contributed by atoms with E-state index in [-0.39, 0.29) is 0 Å². The molecule has 264 valence electrons. The van der Waals surface area contributed by atoms with Crippen molar-refractivity contribution < 1.29 is 0 Å². The Bertz CT molecular complexity index is 2930. The minimum atomic E-state index is 1.09. The molecule has 1 aromatic heterocycles. The number of benzene rings is 9. The van der Waals surface area contributed by atoms with Gasteiger partial charge < -0.3 is 9.47 Å². The standard InChI is InChI=1S/C54H38N2/c1-4-16-39(17-5-1)40-28-32-44(33-29-40)55(45-34-30-43(31-35-45)48-23-11-10-22-47(48)41-18-6-2-7-19-41)46-36-37-51-50-25-13-15-27-53(50)56(54(51)38-46)52-26-14-12-24-49(52)42-20-8-3-9-21-42/h1-38H. The monoisotopic (exact) mass is 714 g/mol. The van der Waals surface area contributed by atoms with Gasteiger partial charge in [-0.3, -0.25) is 0 Å². The predicted molar refractivity (Wildman–Crippen MR) is 237 cm³/mol. The number of fused-ring (bicyclic) bond motifs is 3. The molecule has 0 aliphatic carbocycles. The van der Waals surface area contributed by atoms with Crippen LogP contribution in [0.25, 0.3) is 72.0 Å². The van der Waals surface area contributed by atoms with Crippen LogP contribution in [0.4, 0.5) is 17.1 Å². The highest BCUT2D eigenvalue weighted by Crippen LogP contribution is 2.42. The molecular weight excluding hydrogens is 677 g/mol. The van der Waals surface area contributed by atoms with Gasteiger partial charge in [-0.25, -0.2) is 0 Å². The van der Waals surface area contributed by atoms with E-state index >= 15 is 0 Å². The highest BCUT2D eigenvalue weighted by molar-refractivity contribution is 6.11. The van der Waals surface area contributed by atoms with Gasteiger partial charge in [0, 0.05) is 33.4 Å². The molecule has 0 saturated heterocycles. The number of hydrogen-bond donors (Lipinski definition) is 0. The lowest BCUT2D eigenvalue weighted by atomic mass is 9.94. The van der Waals surface area contributed by atoms with Crippen LogP contribution in [0.3, 0.4) is 0 Å². The van der Waals surface area contributed by atoms with Gasteiger partial charge in [-0.05, 0) is 87.5 Å².